The fourth-order valence-electron chi connectivity index (χ4n) is 1.59. The van der Waals surface area contributed by atoms with Crippen LogP contribution in [0.15, 0.2) is 18.5 Å². The van der Waals surface area contributed by atoms with E-state index in [0.717, 1.165) is 13.1 Å². The minimum Gasteiger partial charge on any atom is -0.368 e. The lowest BCUT2D eigenvalue weighted by Gasteiger charge is -2.29. The lowest BCUT2D eigenvalue weighted by atomic mass is 10.2. The van der Waals surface area contributed by atoms with Gasteiger partial charge >= 0.3 is 0 Å². The van der Waals surface area contributed by atoms with Gasteiger partial charge in [-0.25, -0.2) is 0 Å². The van der Waals surface area contributed by atoms with Crippen LogP contribution in [-0.4, -0.2) is 29.6 Å². The van der Waals surface area contributed by atoms with Gasteiger partial charge in [0.05, 0.1) is 11.9 Å². The second kappa shape index (κ2) is 4.01. The number of hydrogen-bond donors (Lipinski definition) is 0. The summed E-state index contributed by atoms with van der Waals surface area (Å²) in [5, 5.41) is 0. The van der Waals surface area contributed by atoms with Crippen molar-refractivity contribution >= 4 is 17.4 Å². The Balaban J connectivity index is 2.18. The van der Waals surface area contributed by atoms with Crippen LogP contribution in [0.2, 0.25) is 0 Å². The Kier molecular flexibility index (Phi) is 2.74. The number of thioether (sulfide) groups is 1. The zero-order valence-corrected chi connectivity index (χ0v) is 8.68. The number of rotatable bonds is 1. The van der Waals surface area contributed by atoms with Crippen molar-refractivity contribution < 1.29 is 0 Å². The molecule has 70 valence electrons. The van der Waals surface area contributed by atoms with Crippen LogP contribution in [0.5, 0.6) is 0 Å². The van der Waals surface area contributed by atoms with E-state index in [1.807, 2.05) is 24.2 Å². The number of aryl methyl sites for hydroxylation is 1. The molecule has 1 saturated heterocycles. The molecule has 0 atom stereocenters. The number of aromatic nitrogens is 1. The van der Waals surface area contributed by atoms with Gasteiger partial charge in [-0.15, -0.1) is 0 Å². The lowest BCUT2D eigenvalue weighted by Crippen LogP contribution is -2.32. The number of hydrogen-bond acceptors (Lipinski definition) is 3. The molecule has 0 saturated carbocycles. The van der Waals surface area contributed by atoms with Crippen LogP contribution in [0.25, 0.3) is 0 Å². The molecule has 0 aliphatic carbocycles. The Hall–Kier alpha value is -0.700. The maximum Gasteiger partial charge on any atom is 0.0582 e. The normalized spacial score (nSPS) is 17.5. The van der Waals surface area contributed by atoms with E-state index >= 15 is 0 Å². The SMILES string of the molecule is Cc1ccncc1N1CCSCC1. The molecule has 0 N–H and O–H groups in total. The number of nitrogens with zero attached hydrogens (tertiary/aromatic N) is 2. The van der Waals surface area contributed by atoms with Gasteiger partial charge in [0, 0.05) is 30.8 Å². The molecule has 0 amide bonds. The molecule has 1 aromatic rings. The third kappa shape index (κ3) is 1.97. The van der Waals surface area contributed by atoms with E-state index in [1.165, 1.54) is 22.8 Å². The van der Waals surface area contributed by atoms with Crippen molar-refractivity contribution in [2.24, 2.45) is 0 Å². The van der Waals surface area contributed by atoms with Gasteiger partial charge in [0.25, 0.3) is 0 Å². The van der Waals surface area contributed by atoms with E-state index in [0.29, 0.717) is 0 Å². The van der Waals surface area contributed by atoms with Crippen molar-refractivity contribution in [1.82, 2.24) is 4.98 Å². The summed E-state index contributed by atoms with van der Waals surface area (Å²) in [5.74, 6) is 2.49. The van der Waals surface area contributed by atoms with Crippen molar-refractivity contribution in [3.63, 3.8) is 0 Å². The molecule has 1 aliphatic rings. The molecule has 2 rings (SSSR count). The highest BCUT2D eigenvalue weighted by atomic mass is 32.2. The Morgan fingerprint density at radius 2 is 2.15 bits per heavy atom. The van der Waals surface area contributed by atoms with Gasteiger partial charge in [0.1, 0.15) is 0 Å². The van der Waals surface area contributed by atoms with Crippen LogP contribution >= 0.6 is 11.8 Å². The average Bonchev–Trinajstić information content (AvgIpc) is 2.20. The van der Waals surface area contributed by atoms with E-state index in [4.69, 9.17) is 0 Å². The second-order valence-corrected chi connectivity index (χ2v) is 4.49. The summed E-state index contributed by atoms with van der Waals surface area (Å²) < 4.78 is 0. The first kappa shape index (κ1) is 8.88. The van der Waals surface area contributed by atoms with E-state index in [-0.39, 0.29) is 0 Å². The highest BCUT2D eigenvalue weighted by Gasteiger charge is 2.12. The van der Waals surface area contributed by atoms with Crippen molar-refractivity contribution in [2.75, 3.05) is 29.5 Å². The predicted octanol–water partition coefficient (Wildman–Crippen LogP) is 1.94. The first-order valence-corrected chi connectivity index (χ1v) is 5.77. The van der Waals surface area contributed by atoms with E-state index in [9.17, 15) is 0 Å². The van der Waals surface area contributed by atoms with Gasteiger partial charge in [-0.1, -0.05) is 0 Å². The summed E-state index contributed by atoms with van der Waals surface area (Å²) in [4.78, 5) is 6.60. The van der Waals surface area contributed by atoms with Crippen molar-refractivity contribution in [3.8, 4) is 0 Å². The highest BCUT2D eigenvalue weighted by Crippen LogP contribution is 2.21. The van der Waals surface area contributed by atoms with Crippen LogP contribution < -0.4 is 4.90 Å². The fourth-order valence-corrected chi connectivity index (χ4v) is 2.49. The first-order chi connectivity index (χ1) is 6.38. The maximum absolute atomic E-state index is 4.17. The van der Waals surface area contributed by atoms with Crippen LogP contribution in [0.4, 0.5) is 5.69 Å². The zero-order valence-electron chi connectivity index (χ0n) is 7.86. The van der Waals surface area contributed by atoms with E-state index < -0.39 is 0 Å². The van der Waals surface area contributed by atoms with Crippen molar-refractivity contribution in [1.29, 1.82) is 0 Å². The molecular formula is C10H14N2S. The smallest absolute Gasteiger partial charge is 0.0582 e. The van der Waals surface area contributed by atoms with Crippen LogP contribution in [-0.2, 0) is 0 Å². The van der Waals surface area contributed by atoms with Gasteiger partial charge < -0.3 is 4.90 Å². The van der Waals surface area contributed by atoms with Crippen molar-refractivity contribution in [2.45, 2.75) is 6.92 Å². The number of anilines is 1. The summed E-state index contributed by atoms with van der Waals surface area (Å²) in [6.07, 6.45) is 3.84. The molecule has 13 heavy (non-hydrogen) atoms. The Morgan fingerprint density at radius 1 is 1.38 bits per heavy atom. The summed E-state index contributed by atoms with van der Waals surface area (Å²) in [7, 11) is 0. The quantitative estimate of drug-likeness (QED) is 0.679. The van der Waals surface area contributed by atoms with Gasteiger partial charge in [-0.05, 0) is 18.6 Å². The molecule has 0 spiro atoms. The fraction of sp³-hybridized carbons (Fsp3) is 0.500. The molecule has 1 aromatic heterocycles. The largest absolute Gasteiger partial charge is 0.368 e. The molecule has 3 heteroatoms. The molecule has 0 unspecified atom stereocenters. The zero-order chi connectivity index (χ0) is 9.10. The van der Waals surface area contributed by atoms with E-state index in [1.54, 1.807) is 0 Å². The molecule has 0 bridgehead atoms. The van der Waals surface area contributed by atoms with Gasteiger partial charge in [-0.2, -0.15) is 11.8 Å². The standard InChI is InChI=1S/C10H14N2S/c1-9-2-3-11-8-10(9)12-4-6-13-7-5-12/h2-3,8H,4-7H2,1H3. The topological polar surface area (TPSA) is 16.1 Å². The monoisotopic (exact) mass is 194 g/mol. The van der Waals surface area contributed by atoms with Gasteiger partial charge in [0.15, 0.2) is 0 Å². The highest BCUT2D eigenvalue weighted by molar-refractivity contribution is 7.99. The van der Waals surface area contributed by atoms with Gasteiger partial charge in [0.2, 0.25) is 0 Å². The summed E-state index contributed by atoms with van der Waals surface area (Å²) in [6.45, 7) is 4.48. The molecule has 0 aromatic carbocycles. The Labute approximate surface area is 83.4 Å². The minimum absolute atomic E-state index is 1.16. The third-order valence-corrected chi connectivity index (χ3v) is 3.31. The lowest BCUT2D eigenvalue weighted by molar-refractivity contribution is 0.850. The summed E-state index contributed by atoms with van der Waals surface area (Å²) in [6, 6.07) is 2.08. The second-order valence-electron chi connectivity index (χ2n) is 3.26. The molecule has 2 heterocycles. The van der Waals surface area contributed by atoms with Crippen LogP contribution in [0.1, 0.15) is 5.56 Å². The Bertz CT molecular complexity index is 282. The predicted molar refractivity (Wildman–Crippen MR) is 58.5 cm³/mol. The number of pyridine rings is 1. The average molecular weight is 194 g/mol. The Morgan fingerprint density at radius 3 is 2.85 bits per heavy atom. The third-order valence-electron chi connectivity index (χ3n) is 2.36. The molecule has 2 nitrogen and oxygen atoms in total. The molecule has 1 fully saturated rings. The summed E-state index contributed by atoms with van der Waals surface area (Å²) >= 11 is 2.04. The maximum atomic E-state index is 4.17. The van der Waals surface area contributed by atoms with Crippen molar-refractivity contribution in [3.05, 3.63) is 24.0 Å². The minimum atomic E-state index is 1.16. The van der Waals surface area contributed by atoms with E-state index in [2.05, 4.69) is 22.9 Å². The molecule has 1 aliphatic heterocycles. The molecular weight excluding hydrogens is 180 g/mol. The first-order valence-electron chi connectivity index (χ1n) is 4.61. The molecule has 0 radical (unpaired) electrons. The van der Waals surface area contributed by atoms with Crippen LogP contribution in [0.3, 0.4) is 0 Å². The van der Waals surface area contributed by atoms with Crippen LogP contribution in [0, 0.1) is 6.92 Å². The van der Waals surface area contributed by atoms with Gasteiger partial charge in [-0.3, -0.25) is 4.98 Å². The summed E-state index contributed by atoms with van der Waals surface area (Å²) in [5.41, 5.74) is 2.64.